The molecular formula is C11H19BiF6O. The van der Waals surface area contributed by atoms with Gasteiger partial charge >= 0.3 is 83.4 Å². The minimum absolute atomic E-state index is 0.0681. The fraction of sp³-hybridized carbons (Fsp3) is 1.00. The van der Waals surface area contributed by atoms with E-state index in [0.29, 0.717) is 0 Å². The van der Waals surface area contributed by atoms with Crippen LogP contribution in [0, 0.1) is 0 Å². The predicted molar refractivity (Wildman–Crippen MR) is 61.1 cm³/mol. The summed E-state index contributed by atoms with van der Waals surface area (Å²) in [7, 11) is 0. The topological polar surface area (TPSA) is 23.1 Å². The maximum atomic E-state index is 10.9. The molecule has 8 heteroatoms. The van der Waals surface area contributed by atoms with E-state index in [-0.39, 0.29) is 23.2 Å². The predicted octanol–water partition coefficient (Wildman–Crippen LogP) is 3.97. The fourth-order valence-electron chi connectivity index (χ4n) is 0.837. The molecule has 0 saturated heterocycles. The Labute approximate surface area is 121 Å². The molecule has 2 radical (unpaired) electrons. The van der Waals surface area contributed by atoms with Crippen molar-refractivity contribution in [2.45, 2.75) is 66.2 Å². The van der Waals surface area contributed by atoms with Crippen LogP contribution in [0.4, 0.5) is 26.3 Å². The first kappa shape index (κ1) is 21.7. The van der Waals surface area contributed by atoms with E-state index in [1.54, 1.807) is 8.26 Å². The molecule has 0 aliphatic heterocycles. The summed E-state index contributed by atoms with van der Waals surface area (Å²) in [4.78, 5) is 0. The van der Waals surface area contributed by atoms with E-state index in [0.717, 1.165) is 0 Å². The number of hydrogen-bond acceptors (Lipinski definition) is 1. The number of hydrogen-bond donors (Lipinski definition) is 0. The Hall–Kier alpha value is 0.423. The molecule has 0 unspecified atom stereocenters. The van der Waals surface area contributed by atoms with E-state index in [1.807, 2.05) is 0 Å². The fourth-order valence-corrected chi connectivity index (χ4v) is 5.90. The molecule has 0 spiro atoms. The Morgan fingerprint density at radius 1 is 0.842 bits per heavy atom. The van der Waals surface area contributed by atoms with E-state index >= 15 is 0 Å². The second-order valence-corrected chi connectivity index (χ2v) is 9.06. The van der Waals surface area contributed by atoms with Crippen molar-refractivity contribution >= 4 is 23.2 Å². The minimum Gasteiger partial charge on any atom is -0.839 e. The van der Waals surface area contributed by atoms with Crippen molar-refractivity contribution in [3.63, 3.8) is 0 Å². The third kappa shape index (κ3) is 14.6. The van der Waals surface area contributed by atoms with Gasteiger partial charge in [-0.05, 0) is 0 Å². The van der Waals surface area contributed by atoms with Gasteiger partial charge in [-0.1, -0.05) is 0 Å². The maximum absolute atomic E-state index is 10.9. The van der Waals surface area contributed by atoms with Crippen LogP contribution in [0.3, 0.4) is 0 Å². The second kappa shape index (κ2) is 11.1. The smallest absolute Gasteiger partial charge is 0.385 e. The molecule has 1 nitrogen and oxygen atoms in total. The van der Waals surface area contributed by atoms with Gasteiger partial charge in [0.1, 0.15) is 0 Å². The molecule has 0 aromatic rings. The van der Waals surface area contributed by atoms with Crippen LogP contribution >= 0.6 is 0 Å². The first-order valence-corrected chi connectivity index (χ1v) is 10.9. The first-order chi connectivity index (χ1) is 8.57. The summed E-state index contributed by atoms with van der Waals surface area (Å²) >= 11 is 0.0681. The molecule has 0 aromatic heterocycles. The van der Waals surface area contributed by atoms with Crippen LogP contribution in [0.2, 0.25) is 8.26 Å². The maximum Gasteiger partial charge on any atom is 0.385 e. The Morgan fingerprint density at radius 2 is 1.16 bits per heavy atom. The molecule has 0 saturated carbocycles. The molecule has 0 rings (SSSR count). The van der Waals surface area contributed by atoms with E-state index in [2.05, 4.69) is 13.8 Å². The molecular weight excluding hydrogens is 471 g/mol. The van der Waals surface area contributed by atoms with E-state index in [4.69, 9.17) is 0 Å². The zero-order chi connectivity index (χ0) is 15.5. The number of alkyl halides is 6. The van der Waals surface area contributed by atoms with Gasteiger partial charge in [-0.2, -0.15) is 26.3 Å². The van der Waals surface area contributed by atoms with E-state index in [1.165, 1.54) is 25.7 Å². The van der Waals surface area contributed by atoms with Crippen molar-refractivity contribution in [3.8, 4) is 0 Å². The van der Waals surface area contributed by atoms with Gasteiger partial charge in [0.25, 0.3) is 0 Å². The molecule has 0 aliphatic rings. The van der Waals surface area contributed by atoms with Crippen molar-refractivity contribution in [2.75, 3.05) is 0 Å². The molecule has 0 N–H and O–H groups in total. The van der Waals surface area contributed by atoms with Gasteiger partial charge in [-0.3, -0.25) is 0 Å². The Kier molecular flexibility index (Phi) is 12.7. The van der Waals surface area contributed by atoms with Gasteiger partial charge < -0.3 is 5.11 Å². The van der Waals surface area contributed by atoms with Crippen LogP contribution < -0.4 is 5.11 Å². The summed E-state index contributed by atoms with van der Waals surface area (Å²) in [6, 6.07) is 0. The van der Waals surface area contributed by atoms with Crippen molar-refractivity contribution in [1.82, 2.24) is 0 Å². The van der Waals surface area contributed by atoms with Gasteiger partial charge in [-0.25, -0.2) is 0 Å². The summed E-state index contributed by atoms with van der Waals surface area (Å²) in [5, 5.41) is 9.32. The van der Waals surface area contributed by atoms with Crippen molar-refractivity contribution < 1.29 is 31.4 Å². The van der Waals surface area contributed by atoms with Crippen LogP contribution in [-0.2, 0) is 0 Å². The molecule has 0 aliphatic carbocycles. The normalized spacial score (nSPS) is 12.3. The van der Waals surface area contributed by atoms with Gasteiger partial charge in [0.05, 0.1) is 6.10 Å². The summed E-state index contributed by atoms with van der Waals surface area (Å²) in [5.41, 5.74) is 0. The summed E-state index contributed by atoms with van der Waals surface area (Å²) < 4.78 is 68.7. The van der Waals surface area contributed by atoms with Crippen LogP contribution in [0.5, 0.6) is 0 Å². The molecule has 0 bridgehead atoms. The Bertz CT molecular complexity index is 184. The molecule has 0 fully saturated rings. The first-order valence-electron chi connectivity index (χ1n) is 5.99. The van der Waals surface area contributed by atoms with Gasteiger partial charge in [0, 0.05) is 0 Å². The average Bonchev–Trinajstić information content (AvgIpc) is 2.26. The quantitative estimate of drug-likeness (QED) is 0.314. The van der Waals surface area contributed by atoms with Crippen LogP contribution in [-0.4, -0.2) is 41.7 Å². The standard InChI is InChI=1S/2C4H9.C3HF6O.Bi/c2*1-3-4-2;4-2(5,6)1(10)3(7,8)9;/h2*1,3-4H2,2H3;1H;/q;;-1;+1. The molecule has 19 heavy (non-hydrogen) atoms. The minimum atomic E-state index is -5.74. The third-order valence-corrected chi connectivity index (χ3v) is 6.85. The van der Waals surface area contributed by atoms with Crippen molar-refractivity contribution in [3.05, 3.63) is 0 Å². The number of rotatable bonds is 6. The number of unbranched alkanes of at least 4 members (excludes halogenated alkanes) is 2. The van der Waals surface area contributed by atoms with E-state index < -0.39 is 18.5 Å². The van der Waals surface area contributed by atoms with E-state index in [9.17, 15) is 31.4 Å². The number of halogens is 6. The Morgan fingerprint density at radius 3 is 1.32 bits per heavy atom. The van der Waals surface area contributed by atoms with Crippen LogP contribution in [0.1, 0.15) is 39.5 Å². The summed E-state index contributed by atoms with van der Waals surface area (Å²) in [6.45, 7) is 4.59. The monoisotopic (exact) mass is 490 g/mol. The van der Waals surface area contributed by atoms with Crippen molar-refractivity contribution in [2.24, 2.45) is 0 Å². The molecule has 116 valence electrons. The Balaban J connectivity index is 0. The summed E-state index contributed by atoms with van der Waals surface area (Å²) in [5.74, 6) is 0. The van der Waals surface area contributed by atoms with Crippen LogP contribution in [0.15, 0.2) is 0 Å². The van der Waals surface area contributed by atoms with Crippen molar-refractivity contribution in [1.29, 1.82) is 0 Å². The van der Waals surface area contributed by atoms with Crippen LogP contribution in [0.25, 0.3) is 0 Å². The summed E-state index contributed by atoms with van der Waals surface area (Å²) in [6.07, 6.45) is -10.1. The molecule has 0 atom stereocenters. The second-order valence-electron chi connectivity index (χ2n) is 3.84. The van der Waals surface area contributed by atoms with Gasteiger partial charge in [0.15, 0.2) is 0 Å². The largest absolute Gasteiger partial charge is 0.839 e. The third-order valence-electron chi connectivity index (χ3n) is 1.93. The zero-order valence-corrected chi connectivity index (χ0v) is 14.4. The van der Waals surface area contributed by atoms with Gasteiger partial charge in [-0.15, -0.1) is 0 Å². The van der Waals surface area contributed by atoms with Gasteiger partial charge in [0.2, 0.25) is 0 Å². The molecule has 0 amide bonds. The molecule has 0 aromatic carbocycles. The zero-order valence-electron chi connectivity index (χ0n) is 10.9. The molecule has 0 heterocycles. The SMILES string of the molecule is CCC[CH2][Bi+][CH2]CCC.[O-]C(C(F)(F)F)C(F)(F)F. The average molecular weight is 490 g/mol.